The average Bonchev–Trinajstić information content (AvgIpc) is 2.95. The van der Waals surface area contributed by atoms with Crippen LogP contribution in [0.5, 0.6) is 5.75 Å². The Labute approximate surface area is 162 Å². The van der Waals surface area contributed by atoms with Crippen molar-refractivity contribution in [1.29, 1.82) is 0 Å². The predicted molar refractivity (Wildman–Crippen MR) is 108 cm³/mol. The molecule has 5 nitrogen and oxygen atoms in total. The van der Waals surface area contributed by atoms with E-state index < -0.39 is 0 Å². The molecular formula is C19H20Cl2N4O. The maximum Gasteiger partial charge on any atom is 0.185 e. The Morgan fingerprint density at radius 1 is 1.12 bits per heavy atom. The number of methoxy groups -OCH3 is 1. The highest BCUT2D eigenvalue weighted by Crippen LogP contribution is 2.28. The molecule has 0 aliphatic carbocycles. The Hall–Kier alpha value is -2.37. The van der Waals surface area contributed by atoms with Crippen LogP contribution in [0.15, 0.2) is 47.6 Å². The molecule has 0 atom stereocenters. The van der Waals surface area contributed by atoms with Crippen LogP contribution in [0.2, 0.25) is 10.0 Å². The van der Waals surface area contributed by atoms with Gasteiger partial charge in [-0.2, -0.15) is 0 Å². The summed E-state index contributed by atoms with van der Waals surface area (Å²) < 4.78 is 7.55. The molecular weight excluding hydrogens is 371 g/mol. The molecule has 3 aromatic rings. The Morgan fingerprint density at radius 2 is 1.92 bits per heavy atom. The minimum Gasteiger partial charge on any atom is -0.497 e. The number of nitrogens with zero attached hydrogens (tertiary/aromatic N) is 2. The number of guanidine groups is 1. The van der Waals surface area contributed by atoms with E-state index in [2.05, 4.69) is 21.8 Å². The molecule has 1 heterocycles. The van der Waals surface area contributed by atoms with Crippen LogP contribution in [0.1, 0.15) is 11.1 Å². The number of hydrogen-bond donors (Lipinski definition) is 2. The predicted octanol–water partition coefficient (Wildman–Crippen LogP) is 3.82. The molecule has 0 amide bonds. The molecule has 0 unspecified atom stereocenters. The van der Waals surface area contributed by atoms with E-state index >= 15 is 0 Å². The number of rotatable bonds is 6. The summed E-state index contributed by atoms with van der Waals surface area (Å²) in [6.07, 6.45) is 2.85. The van der Waals surface area contributed by atoms with Gasteiger partial charge in [0.25, 0.3) is 0 Å². The van der Waals surface area contributed by atoms with Crippen molar-refractivity contribution in [2.24, 2.45) is 16.5 Å². The normalized spacial score (nSPS) is 10.9. The third-order valence-corrected chi connectivity index (χ3v) is 4.92. The lowest BCUT2D eigenvalue weighted by Gasteiger charge is -2.07. The van der Waals surface area contributed by atoms with Crippen LogP contribution in [0.25, 0.3) is 10.9 Å². The molecule has 2 aromatic carbocycles. The van der Waals surface area contributed by atoms with Crippen LogP contribution in [-0.2, 0) is 13.0 Å². The molecule has 0 aliphatic rings. The zero-order valence-electron chi connectivity index (χ0n) is 14.4. The number of ether oxygens (including phenoxy) is 1. The molecule has 0 bridgehead atoms. The Balaban J connectivity index is 1.98. The highest BCUT2D eigenvalue weighted by Gasteiger charge is 2.11. The molecule has 0 aliphatic heterocycles. The SMILES string of the molecule is COc1ccc2c(c1)c(CCN=C(N)N)cn2Cc1ccc(Cl)c(Cl)c1. The van der Waals surface area contributed by atoms with Gasteiger partial charge in [0.15, 0.2) is 5.96 Å². The number of fused-ring (bicyclic) bond motifs is 1. The molecule has 0 fully saturated rings. The van der Waals surface area contributed by atoms with Gasteiger partial charge in [0, 0.05) is 30.2 Å². The fourth-order valence-corrected chi connectivity index (χ4v) is 3.27. The third kappa shape index (κ3) is 4.06. The van der Waals surface area contributed by atoms with Gasteiger partial charge in [-0.3, -0.25) is 4.99 Å². The van der Waals surface area contributed by atoms with Crippen LogP contribution < -0.4 is 16.2 Å². The first-order chi connectivity index (χ1) is 12.5. The Morgan fingerprint density at radius 3 is 2.62 bits per heavy atom. The molecule has 136 valence electrons. The van der Waals surface area contributed by atoms with E-state index in [-0.39, 0.29) is 5.96 Å². The molecule has 4 N–H and O–H groups in total. The lowest BCUT2D eigenvalue weighted by Crippen LogP contribution is -2.23. The first-order valence-corrected chi connectivity index (χ1v) is 8.88. The first kappa shape index (κ1) is 18.4. The molecule has 26 heavy (non-hydrogen) atoms. The summed E-state index contributed by atoms with van der Waals surface area (Å²) in [4.78, 5) is 4.08. The molecule has 7 heteroatoms. The average molecular weight is 391 g/mol. The number of nitrogens with two attached hydrogens (primary N) is 2. The van der Waals surface area contributed by atoms with Crippen molar-refractivity contribution < 1.29 is 4.74 Å². The van der Waals surface area contributed by atoms with E-state index in [1.54, 1.807) is 7.11 Å². The van der Waals surface area contributed by atoms with Gasteiger partial charge in [-0.15, -0.1) is 0 Å². The van der Waals surface area contributed by atoms with Crippen LogP contribution in [0.4, 0.5) is 0 Å². The second kappa shape index (κ2) is 7.89. The Kier molecular flexibility index (Phi) is 5.59. The van der Waals surface area contributed by atoms with Crippen LogP contribution in [0.3, 0.4) is 0 Å². The number of hydrogen-bond acceptors (Lipinski definition) is 2. The molecule has 0 spiro atoms. The summed E-state index contributed by atoms with van der Waals surface area (Å²) in [7, 11) is 1.66. The van der Waals surface area contributed by atoms with Gasteiger partial charge in [-0.05, 0) is 47.9 Å². The van der Waals surface area contributed by atoms with Gasteiger partial charge < -0.3 is 20.8 Å². The van der Waals surface area contributed by atoms with Gasteiger partial charge in [-0.25, -0.2) is 0 Å². The van der Waals surface area contributed by atoms with Crippen molar-refractivity contribution in [3.63, 3.8) is 0 Å². The van der Waals surface area contributed by atoms with Gasteiger partial charge in [-0.1, -0.05) is 29.3 Å². The first-order valence-electron chi connectivity index (χ1n) is 8.13. The molecule has 0 saturated heterocycles. The zero-order valence-corrected chi connectivity index (χ0v) is 15.9. The van der Waals surface area contributed by atoms with Crippen molar-refractivity contribution in [1.82, 2.24) is 4.57 Å². The monoisotopic (exact) mass is 390 g/mol. The van der Waals surface area contributed by atoms with Crippen molar-refractivity contribution in [2.75, 3.05) is 13.7 Å². The fraction of sp³-hybridized carbons (Fsp3) is 0.211. The summed E-state index contributed by atoms with van der Waals surface area (Å²) in [6.45, 7) is 1.22. The number of aromatic nitrogens is 1. The largest absolute Gasteiger partial charge is 0.497 e. The smallest absolute Gasteiger partial charge is 0.185 e. The van der Waals surface area contributed by atoms with Crippen LogP contribution in [0, 0.1) is 0 Å². The minimum atomic E-state index is 0.0992. The minimum absolute atomic E-state index is 0.0992. The van der Waals surface area contributed by atoms with Crippen molar-refractivity contribution in [3.05, 3.63) is 63.8 Å². The number of benzene rings is 2. The van der Waals surface area contributed by atoms with E-state index in [4.69, 9.17) is 39.4 Å². The van der Waals surface area contributed by atoms with Gasteiger partial charge >= 0.3 is 0 Å². The summed E-state index contributed by atoms with van der Waals surface area (Å²) in [6, 6.07) is 11.7. The van der Waals surface area contributed by atoms with Crippen LogP contribution in [-0.4, -0.2) is 24.2 Å². The maximum absolute atomic E-state index is 6.15. The van der Waals surface area contributed by atoms with Gasteiger partial charge in [0.1, 0.15) is 5.75 Å². The van der Waals surface area contributed by atoms with E-state index in [1.165, 1.54) is 0 Å². The topological polar surface area (TPSA) is 78.6 Å². The highest BCUT2D eigenvalue weighted by atomic mass is 35.5. The molecule has 0 radical (unpaired) electrons. The summed E-state index contributed by atoms with van der Waals surface area (Å²) in [5, 5.41) is 2.22. The van der Waals surface area contributed by atoms with Crippen molar-refractivity contribution in [3.8, 4) is 5.75 Å². The van der Waals surface area contributed by atoms with Crippen molar-refractivity contribution in [2.45, 2.75) is 13.0 Å². The highest BCUT2D eigenvalue weighted by molar-refractivity contribution is 6.42. The summed E-state index contributed by atoms with van der Waals surface area (Å²) in [5.41, 5.74) is 14.2. The maximum atomic E-state index is 6.15. The molecule has 1 aromatic heterocycles. The van der Waals surface area contributed by atoms with Crippen molar-refractivity contribution >= 4 is 40.1 Å². The third-order valence-electron chi connectivity index (χ3n) is 4.18. The number of aliphatic imine (C=N–C) groups is 1. The summed E-state index contributed by atoms with van der Waals surface area (Å²) in [5.74, 6) is 0.912. The quantitative estimate of drug-likeness (QED) is 0.495. The van der Waals surface area contributed by atoms with E-state index in [9.17, 15) is 0 Å². The van der Waals surface area contributed by atoms with E-state index in [0.29, 0.717) is 23.1 Å². The van der Waals surface area contributed by atoms with Gasteiger partial charge in [0.2, 0.25) is 0 Å². The van der Waals surface area contributed by atoms with Gasteiger partial charge in [0.05, 0.1) is 17.2 Å². The second-order valence-corrected chi connectivity index (χ2v) is 6.78. The van der Waals surface area contributed by atoms with E-state index in [1.807, 2.05) is 30.3 Å². The summed E-state index contributed by atoms with van der Waals surface area (Å²) >= 11 is 12.2. The lowest BCUT2D eigenvalue weighted by atomic mass is 10.1. The fourth-order valence-electron chi connectivity index (χ4n) is 2.95. The second-order valence-electron chi connectivity index (χ2n) is 5.97. The van der Waals surface area contributed by atoms with Crippen LogP contribution >= 0.6 is 23.2 Å². The zero-order chi connectivity index (χ0) is 18.7. The Bertz CT molecular complexity index is 962. The number of halogens is 2. The molecule has 0 saturated carbocycles. The standard InChI is InChI=1S/C19H20Cl2N4O/c1-26-14-3-5-18-15(9-14)13(6-7-24-19(22)23)11-25(18)10-12-2-4-16(20)17(21)8-12/h2-5,8-9,11H,6-7,10H2,1H3,(H4,22,23,24). The lowest BCUT2D eigenvalue weighted by molar-refractivity contribution is 0.415. The van der Waals surface area contributed by atoms with E-state index in [0.717, 1.165) is 34.2 Å². The molecule has 3 rings (SSSR count).